The van der Waals surface area contributed by atoms with E-state index < -0.39 is 0 Å². The zero-order valence-corrected chi connectivity index (χ0v) is 11.2. The first-order chi connectivity index (χ1) is 8.08. The van der Waals surface area contributed by atoms with E-state index in [4.69, 9.17) is 16.7 Å². The first kappa shape index (κ1) is 14.3. The monoisotopic (exact) mass is 257 g/mol. The molecule has 0 aliphatic rings. The van der Waals surface area contributed by atoms with E-state index in [0.717, 1.165) is 24.1 Å². The van der Waals surface area contributed by atoms with Gasteiger partial charge in [-0.3, -0.25) is 4.90 Å². The van der Waals surface area contributed by atoms with Gasteiger partial charge in [-0.25, -0.2) is 0 Å². The molecule has 0 radical (unpaired) electrons. The molecule has 0 fully saturated rings. The van der Waals surface area contributed by atoms with Gasteiger partial charge in [-0.15, -0.1) is 0 Å². The molecule has 0 aromatic heterocycles. The van der Waals surface area contributed by atoms with Crippen LogP contribution in [0.5, 0.6) is 5.75 Å². The molecule has 0 spiro atoms. The predicted octanol–water partition coefficient (Wildman–Crippen LogP) is 2.56. The molecule has 0 saturated heterocycles. The van der Waals surface area contributed by atoms with Crippen molar-refractivity contribution < 1.29 is 10.2 Å². The van der Waals surface area contributed by atoms with E-state index in [9.17, 15) is 5.11 Å². The molecule has 0 saturated carbocycles. The lowest BCUT2D eigenvalue weighted by Crippen LogP contribution is -2.27. The molecular formula is C13H20ClNO2. The Balaban J connectivity index is 2.84. The fraction of sp³-hybridized carbons (Fsp3) is 0.538. The lowest BCUT2D eigenvalue weighted by molar-refractivity contribution is 0.189. The molecule has 1 rings (SSSR count). The van der Waals surface area contributed by atoms with Crippen molar-refractivity contribution >= 4 is 11.6 Å². The number of halogens is 1. The summed E-state index contributed by atoms with van der Waals surface area (Å²) >= 11 is 5.98. The van der Waals surface area contributed by atoms with Gasteiger partial charge < -0.3 is 10.2 Å². The second-order valence-corrected chi connectivity index (χ2v) is 4.67. The maximum Gasteiger partial charge on any atom is 0.123 e. The highest BCUT2D eigenvalue weighted by Gasteiger charge is 2.10. The molecule has 1 aromatic rings. The number of aliphatic hydroxyl groups excluding tert-OH is 1. The van der Waals surface area contributed by atoms with Gasteiger partial charge in [0.15, 0.2) is 0 Å². The molecule has 0 aliphatic heterocycles. The number of phenols is 1. The molecule has 4 heteroatoms. The summed E-state index contributed by atoms with van der Waals surface area (Å²) in [4.78, 5) is 2.10. The number of benzene rings is 1. The van der Waals surface area contributed by atoms with Crippen LogP contribution >= 0.6 is 11.6 Å². The standard InChI is InChI=1S/C13H20ClNO2/c1-3-4-15(5-6-16)9-11-8-12(14)7-10(2)13(11)17/h7-8,16-17H,3-6,9H2,1-2H3. The van der Waals surface area contributed by atoms with Crippen molar-refractivity contribution in [3.63, 3.8) is 0 Å². The Morgan fingerprint density at radius 2 is 2.00 bits per heavy atom. The fourth-order valence-electron chi connectivity index (χ4n) is 1.89. The van der Waals surface area contributed by atoms with E-state index in [0.29, 0.717) is 23.9 Å². The minimum absolute atomic E-state index is 0.125. The van der Waals surface area contributed by atoms with Crippen LogP contribution in [0.15, 0.2) is 12.1 Å². The maximum atomic E-state index is 9.96. The maximum absolute atomic E-state index is 9.96. The first-order valence-corrected chi connectivity index (χ1v) is 6.27. The summed E-state index contributed by atoms with van der Waals surface area (Å²) in [5.41, 5.74) is 1.60. The van der Waals surface area contributed by atoms with Crippen molar-refractivity contribution in [2.45, 2.75) is 26.8 Å². The molecule has 96 valence electrons. The topological polar surface area (TPSA) is 43.7 Å². The van der Waals surface area contributed by atoms with Crippen LogP contribution in [0, 0.1) is 6.92 Å². The van der Waals surface area contributed by atoms with Crippen LogP contribution in [0.2, 0.25) is 5.02 Å². The second kappa shape index (κ2) is 6.84. The van der Waals surface area contributed by atoms with E-state index in [-0.39, 0.29) is 6.61 Å². The highest BCUT2D eigenvalue weighted by Crippen LogP contribution is 2.27. The number of rotatable bonds is 6. The lowest BCUT2D eigenvalue weighted by atomic mass is 10.1. The zero-order valence-electron chi connectivity index (χ0n) is 10.4. The number of hydrogen-bond acceptors (Lipinski definition) is 3. The molecule has 0 aliphatic carbocycles. The Morgan fingerprint density at radius 3 is 2.59 bits per heavy atom. The van der Waals surface area contributed by atoms with Crippen LogP contribution in [-0.4, -0.2) is 34.8 Å². The minimum Gasteiger partial charge on any atom is -0.507 e. The first-order valence-electron chi connectivity index (χ1n) is 5.89. The quantitative estimate of drug-likeness (QED) is 0.823. The third-order valence-corrected chi connectivity index (χ3v) is 2.91. The Hall–Kier alpha value is -0.770. The number of phenolic OH excluding ortho intramolecular Hbond substituents is 1. The van der Waals surface area contributed by atoms with Crippen molar-refractivity contribution in [1.82, 2.24) is 4.90 Å². The number of aromatic hydroxyl groups is 1. The Kier molecular flexibility index (Phi) is 5.75. The van der Waals surface area contributed by atoms with E-state index in [1.54, 1.807) is 12.1 Å². The largest absolute Gasteiger partial charge is 0.507 e. The van der Waals surface area contributed by atoms with Crippen molar-refractivity contribution in [3.8, 4) is 5.75 Å². The van der Waals surface area contributed by atoms with Crippen molar-refractivity contribution in [1.29, 1.82) is 0 Å². The summed E-state index contributed by atoms with van der Waals surface area (Å²) in [5.74, 6) is 0.299. The van der Waals surface area contributed by atoms with Gasteiger partial charge in [0.05, 0.1) is 6.61 Å². The van der Waals surface area contributed by atoms with Gasteiger partial charge in [0.1, 0.15) is 5.75 Å². The summed E-state index contributed by atoms with van der Waals surface area (Å²) < 4.78 is 0. The van der Waals surface area contributed by atoms with Gasteiger partial charge in [-0.1, -0.05) is 18.5 Å². The van der Waals surface area contributed by atoms with Crippen LogP contribution in [0.25, 0.3) is 0 Å². The zero-order chi connectivity index (χ0) is 12.8. The molecule has 0 amide bonds. The molecule has 0 atom stereocenters. The number of aliphatic hydroxyl groups is 1. The Morgan fingerprint density at radius 1 is 1.29 bits per heavy atom. The molecule has 3 nitrogen and oxygen atoms in total. The summed E-state index contributed by atoms with van der Waals surface area (Å²) in [6.45, 7) is 6.17. The van der Waals surface area contributed by atoms with E-state index in [1.807, 2.05) is 6.92 Å². The van der Waals surface area contributed by atoms with Gasteiger partial charge in [0.25, 0.3) is 0 Å². The number of hydrogen-bond donors (Lipinski definition) is 2. The number of aryl methyl sites for hydroxylation is 1. The van der Waals surface area contributed by atoms with Crippen LogP contribution in [0.4, 0.5) is 0 Å². The van der Waals surface area contributed by atoms with Gasteiger partial charge in [-0.2, -0.15) is 0 Å². The van der Waals surface area contributed by atoms with E-state index >= 15 is 0 Å². The van der Waals surface area contributed by atoms with Crippen LogP contribution in [0.1, 0.15) is 24.5 Å². The smallest absolute Gasteiger partial charge is 0.123 e. The molecule has 2 N–H and O–H groups in total. The van der Waals surface area contributed by atoms with Crippen molar-refractivity contribution in [2.75, 3.05) is 19.7 Å². The van der Waals surface area contributed by atoms with Crippen LogP contribution < -0.4 is 0 Å². The molecule has 0 unspecified atom stereocenters. The second-order valence-electron chi connectivity index (χ2n) is 4.23. The summed E-state index contributed by atoms with van der Waals surface area (Å²) in [6, 6.07) is 3.53. The fourth-order valence-corrected chi connectivity index (χ4v) is 2.19. The van der Waals surface area contributed by atoms with Crippen molar-refractivity contribution in [2.24, 2.45) is 0 Å². The van der Waals surface area contributed by atoms with E-state index in [2.05, 4.69) is 11.8 Å². The van der Waals surface area contributed by atoms with Gasteiger partial charge >= 0.3 is 0 Å². The SMILES string of the molecule is CCCN(CCO)Cc1cc(Cl)cc(C)c1O. The average Bonchev–Trinajstić information content (AvgIpc) is 2.26. The molecular weight excluding hydrogens is 238 g/mol. The van der Waals surface area contributed by atoms with Gasteiger partial charge in [0, 0.05) is 23.7 Å². The lowest BCUT2D eigenvalue weighted by Gasteiger charge is -2.21. The molecule has 0 bridgehead atoms. The summed E-state index contributed by atoms with van der Waals surface area (Å²) in [6.07, 6.45) is 1.01. The highest BCUT2D eigenvalue weighted by atomic mass is 35.5. The van der Waals surface area contributed by atoms with Crippen molar-refractivity contribution in [3.05, 3.63) is 28.3 Å². The molecule has 1 aromatic carbocycles. The highest BCUT2D eigenvalue weighted by molar-refractivity contribution is 6.30. The minimum atomic E-state index is 0.125. The van der Waals surface area contributed by atoms with Gasteiger partial charge in [-0.05, 0) is 37.6 Å². The predicted molar refractivity (Wildman–Crippen MR) is 70.5 cm³/mol. The number of nitrogens with zero attached hydrogens (tertiary/aromatic N) is 1. The normalized spacial score (nSPS) is 11.1. The van der Waals surface area contributed by atoms with Crippen LogP contribution in [0.3, 0.4) is 0 Å². The summed E-state index contributed by atoms with van der Waals surface area (Å²) in [7, 11) is 0. The third-order valence-electron chi connectivity index (χ3n) is 2.69. The van der Waals surface area contributed by atoms with Crippen LogP contribution in [-0.2, 0) is 6.54 Å². The van der Waals surface area contributed by atoms with Gasteiger partial charge in [0.2, 0.25) is 0 Å². The average molecular weight is 258 g/mol. The molecule has 17 heavy (non-hydrogen) atoms. The summed E-state index contributed by atoms with van der Waals surface area (Å²) in [5, 5.41) is 19.6. The Labute approximate surface area is 108 Å². The van der Waals surface area contributed by atoms with E-state index in [1.165, 1.54) is 0 Å². The Bertz CT molecular complexity index is 363. The molecule has 0 heterocycles. The third kappa shape index (κ3) is 4.19.